The van der Waals surface area contributed by atoms with E-state index in [4.69, 9.17) is 33.2 Å². The molecule has 1 aromatic rings. The van der Waals surface area contributed by atoms with Gasteiger partial charge in [-0.25, -0.2) is 22.6 Å². The Labute approximate surface area is 181 Å². The van der Waals surface area contributed by atoms with E-state index >= 15 is 0 Å². The number of phosphoric ester groups is 1. The molecule has 2 rings (SSSR count). The lowest BCUT2D eigenvalue weighted by molar-refractivity contribution is -0.187. The molecule has 2 heterocycles. The van der Waals surface area contributed by atoms with Crippen molar-refractivity contribution in [2.75, 3.05) is 0 Å². The van der Waals surface area contributed by atoms with Gasteiger partial charge in [-0.2, -0.15) is 8.62 Å². The van der Waals surface area contributed by atoms with Crippen LogP contribution >= 0.6 is 47.9 Å². The summed E-state index contributed by atoms with van der Waals surface area (Å²) >= 11 is 9.52. The van der Waals surface area contributed by atoms with Gasteiger partial charge in [0.05, 0.1) is 0 Å². The minimum absolute atomic E-state index is 0.339. The first-order valence-electron chi connectivity index (χ1n) is 7.29. The zero-order chi connectivity index (χ0) is 24.0. The van der Waals surface area contributed by atoms with Crippen LogP contribution in [-0.4, -0.2) is 57.3 Å². The smallest absolute Gasteiger partial charge is 0.385 e. The van der Waals surface area contributed by atoms with Crippen LogP contribution in [0.4, 0.5) is 4.39 Å². The lowest BCUT2D eigenvalue weighted by Crippen LogP contribution is -2.43. The molecule has 31 heavy (non-hydrogen) atoms. The van der Waals surface area contributed by atoms with E-state index in [1.807, 2.05) is 0 Å². The summed E-state index contributed by atoms with van der Waals surface area (Å²) in [6.45, 7) is 0. The number of H-pyrrole nitrogens is 1. The first kappa shape index (κ1) is 26.6. The maximum Gasteiger partial charge on any atom is 0.490 e. The number of aromatic amines is 1. The van der Waals surface area contributed by atoms with Crippen LogP contribution < -0.4 is 0 Å². The Hall–Kier alpha value is -0.700. The van der Waals surface area contributed by atoms with Crippen molar-refractivity contribution >= 4 is 47.9 Å². The number of aromatic nitrogens is 2. The number of halogens is 1. The van der Waals surface area contributed by atoms with Crippen molar-refractivity contribution in [3.05, 3.63) is 21.4 Å². The van der Waals surface area contributed by atoms with Crippen molar-refractivity contribution in [2.24, 2.45) is 0 Å². The number of terminal acetylenes is 1. The maximum absolute atomic E-state index is 13.8. The lowest BCUT2D eigenvalue weighted by Gasteiger charge is -2.28. The van der Waals surface area contributed by atoms with Crippen molar-refractivity contribution in [3.63, 3.8) is 0 Å². The second-order valence-electron chi connectivity index (χ2n) is 5.58. The fraction of sp³-hybridized carbons (Fsp3) is 0.400. The zero-order valence-corrected chi connectivity index (χ0v) is 18.7. The highest BCUT2D eigenvalue weighted by molar-refractivity contribution is 7.72. The molecule has 0 saturated carbocycles. The van der Waals surface area contributed by atoms with Crippen LogP contribution in [0.25, 0.3) is 0 Å². The van der Waals surface area contributed by atoms with Crippen LogP contribution in [-0.2, 0) is 31.6 Å². The Balaban J connectivity index is 2.38. The highest BCUT2D eigenvalue weighted by Crippen LogP contribution is 2.67. The van der Waals surface area contributed by atoms with E-state index in [-0.39, 0.29) is 4.77 Å². The zero-order valence-electron chi connectivity index (χ0n) is 14.4. The third-order valence-electron chi connectivity index (χ3n) is 3.37. The highest BCUT2D eigenvalue weighted by atomic mass is 32.1. The molecule has 7 N–H and O–H groups in total. The topological polar surface area (TPSA) is 230 Å². The minimum Gasteiger partial charge on any atom is -0.385 e. The number of rotatable bonds is 7. The number of nitrogens with one attached hydrogen (secondary N) is 1. The van der Waals surface area contributed by atoms with Gasteiger partial charge < -0.3 is 39.5 Å². The summed E-state index contributed by atoms with van der Waals surface area (Å²) < 4.78 is 64.4. The number of phosphoric acid groups is 3. The molecule has 0 bridgehead atoms. The predicted octanol–water partition coefficient (Wildman–Crippen LogP) is 0.338. The van der Waals surface area contributed by atoms with E-state index in [2.05, 4.69) is 30.3 Å². The summed E-state index contributed by atoms with van der Waals surface area (Å²) in [4.78, 5) is 38.1. The highest BCUT2D eigenvalue weighted by Gasteiger charge is 2.59. The summed E-state index contributed by atoms with van der Waals surface area (Å²) in [5.74, 6) is -2.51. The quantitative estimate of drug-likeness (QED) is 0.139. The van der Waals surface area contributed by atoms with E-state index in [1.54, 1.807) is 5.92 Å². The van der Waals surface area contributed by atoms with Crippen molar-refractivity contribution in [1.82, 2.24) is 9.55 Å². The van der Waals surface area contributed by atoms with Gasteiger partial charge in [-0.05, 0) is 18.1 Å². The molecule has 15 nitrogen and oxygen atoms in total. The normalized spacial score (nSPS) is 30.3. The van der Waals surface area contributed by atoms with Crippen LogP contribution in [0.5, 0.6) is 0 Å². The van der Waals surface area contributed by atoms with Crippen molar-refractivity contribution in [1.29, 1.82) is 0 Å². The van der Waals surface area contributed by atoms with E-state index < -0.39 is 58.1 Å². The molecule has 3 unspecified atom stereocenters. The summed E-state index contributed by atoms with van der Waals surface area (Å²) in [7, 11) is -17.5. The molecule has 174 valence electrons. The van der Waals surface area contributed by atoms with Gasteiger partial charge in [0, 0.05) is 6.20 Å². The number of hydrogen-bond acceptors (Lipinski definition) is 11. The molecule has 1 saturated heterocycles. The van der Waals surface area contributed by atoms with E-state index in [1.165, 1.54) is 0 Å². The number of aliphatic hydroxyl groups is 2. The third-order valence-corrected chi connectivity index (χ3v) is 7.81. The first-order valence-corrected chi connectivity index (χ1v) is 12.6. The van der Waals surface area contributed by atoms with Crippen LogP contribution in [0.3, 0.4) is 0 Å². The number of nitrogens with zero attached hydrogens (tertiary/aromatic N) is 1. The van der Waals surface area contributed by atoms with Gasteiger partial charge in [0.2, 0.25) is 0 Å². The molecule has 1 fully saturated rings. The van der Waals surface area contributed by atoms with Gasteiger partial charge in [0.25, 0.3) is 5.79 Å². The van der Waals surface area contributed by atoms with Crippen LogP contribution in [0, 0.1) is 27.6 Å². The van der Waals surface area contributed by atoms with Crippen molar-refractivity contribution < 1.29 is 65.8 Å². The average molecular weight is 544 g/mol. The fourth-order valence-corrected chi connectivity index (χ4v) is 5.92. The molecule has 0 aromatic carbocycles. The predicted molar refractivity (Wildman–Crippen MR) is 99.1 cm³/mol. The van der Waals surface area contributed by atoms with Crippen LogP contribution in [0.1, 0.15) is 6.23 Å². The van der Waals surface area contributed by atoms with Gasteiger partial charge in [0.15, 0.2) is 22.9 Å². The number of hydrogen-bond donors (Lipinski definition) is 7. The average Bonchev–Trinajstić information content (AvgIpc) is 2.80. The monoisotopic (exact) mass is 544 g/mol. The fourth-order valence-electron chi connectivity index (χ4n) is 2.26. The molecule has 0 spiro atoms. The Morgan fingerprint density at radius 1 is 1.19 bits per heavy atom. The molecule has 1 aliphatic heterocycles. The Morgan fingerprint density at radius 2 is 1.77 bits per heavy atom. The lowest BCUT2D eigenvalue weighted by atomic mass is 10.1. The molecule has 0 amide bonds. The van der Waals surface area contributed by atoms with Gasteiger partial charge in [-0.15, -0.1) is 6.42 Å². The van der Waals surface area contributed by atoms with Gasteiger partial charge in [-0.1, -0.05) is 12.2 Å². The molecule has 1 aliphatic rings. The molecular formula is C10H12FN2O13P3S2. The van der Waals surface area contributed by atoms with Crippen LogP contribution in [0.15, 0.2) is 6.20 Å². The Kier molecular flexibility index (Phi) is 7.64. The standard InChI is InChI=1S/C10H12FN2O13P3S2/c1-2-10(24-28(19,20)26-29(21,22)25-27(16,17)18)6(15)5(14)8(23-10)13-3-4(11)7(30)12-9(13)31/h1,3,5-6,8,14-15H,(H,19,20)(H,21,22)(H,12,30,31)(H2,16,17,18)/t5?,6-,8-,10-/m1/s1. The second-order valence-corrected chi connectivity index (χ2v) is 10.7. The van der Waals surface area contributed by atoms with Gasteiger partial charge in [0.1, 0.15) is 10.7 Å². The third kappa shape index (κ3) is 6.21. The van der Waals surface area contributed by atoms with E-state index in [0.717, 1.165) is 0 Å². The summed E-state index contributed by atoms with van der Waals surface area (Å²) in [5, 5.41) is 20.4. The first-order chi connectivity index (χ1) is 13.9. The number of aliphatic hydroxyl groups excluding tert-OH is 2. The van der Waals surface area contributed by atoms with E-state index in [0.29, 0.717) is 10.8 Å². The molecule has 0 radical (unpaired) electrons. The van der Waals surface area contributed by atoms with Crippen molar-refractivity contribution in [3.8, 4) is 12.3 Å². The summed E-state index contributed by atoms with van der Waals surface area (Å²) in [6.07, 6.45) is -0.487. The SMILES string of the molecule is C#C[C@]1(OP(=O)(O)OP(=O)(O)OP(=O)(O)O)O[C@@H](n2cc(F)c(=S)[nH]c2=S)C(O)[C@H]1O. The van der Waals surface area contributed by atoms with Crippen LogP contribution in [0.2, 0.25) is 0 Å². The molecular weight excluding hydrogens is 532 g/mol. The van der Waals surface area contributed by atoms with Gasteiger partial charge in [-0.3, -0.25) is 4.57 Å². The Morgan fingerprint density at radius 3 is 2.29 bits per heavy atom. The minimum atomic E-state index is -5.92. The largest absolute Gasteiger partial charge is 0.490 e. The maximum atomic E-state index is 13.8. The summed E-state index contributed by atoms with van der Waals surface area (Å²) in [5.41, 5.74) is 0. The second kappa shape index (κ2) is 8.92. The van der Waals surface area contributed by atoms with Crippen molar-refractivity contribution in [2.45, 2.75) is 24.2 Å². The molecule has 0 aliphatic carbocycles. The van der Waals surface area contributed by atoms with E-state index in [9.17, 15) is 38.1 Å². The number of ether oxygens (including phenoxy) is 1. The Bertz CT molecular complexity index is 1180. The molecule has 21 heteroatoms. The molecule has 6 atom stereocenters. The molecule has 1 aromatic heterocycles. The van der Waals surface area contributed by atoms with Gasteiger partial charge >= 0.3 is 23.5 Å². The summed E-state index contributed by atoms with van der Waals surface area (Å²) in [6, 6.07) is 0.